The first-order chi connectivity index (χ1) is 20.6. The van der Waals surface area contributed by atoms with Gasteiger partial charge >= 0.3 is 0 Å². The second-order valence-corrected chi connectivity index (χ2v) is 10.8. The van der Waals surface area contributed by atoms with E-state index in [2.05, 4.69) is 22.0 Å². The fourth-order valence-corrected chi connectivity index (χ4v) is 4.99. The topological polar surface area (TPSA) is 86.1 Å². The molecular formula is C35H33FN4O3. The Morgan fingerprint density at radius 2 is 1.81 bits per heavy atom. The monoisotopic (exact) mass is 576 g/mol. The zero-order valence-corrected chi connectivity index (χ0v) is 24.6. The van der Waals surface area contributed by atoms with E-state index < -0.39 is 5.41 Å². The molecular weight excluding hydrogens is 543 g/mol. The molecule has 0 unspecified atom stereocenters. The van der Waals surface area contributed by atoms with E-state index in [1.165, 1.54) is 18.2 Å². The van der Waals surface area contributed by atoms with Crippen LogP contribution >= 0.6 is 0 Å². The first-order valence-electron chi connectivity index (χ1n) is 14.0. The lowest BCUT2D eigenvalue weighted by atomic mass is 9.96. The Hall–Kier alpha value is -5.11. The normalized spacial score (nSPS) is 14.4. The number of carbonyl (C=O) groups excluding carboxylic acids is 2. The largest absolute Gasteiger partial charge is 0.457 e. The van der Waals surface area contributed by atoms with Crippen molar-refractivity contribution in [3.05, 3.63) is 120 Å². The number of nitrogens with zero attached hydrogens (tertiary/aromatic N) is 3. The van der Waals surface area contributed by atoms with Gasteiger partial charge in [-0.3, -0.25) is 19.3 Å². The number of carbonyl (C=O) groups is 2. The number of aromatic nitrogens is 3. The number of rotatable bonds is 10. The maximum absolute atomic E-state index is 13.6. The lowest BCUT2D eigenvalue weighted by molar-refractivity contribution is -0.133. The number of aryl methyl sites for hydroxylation is 3. The van der Waals surface area contributed by atoms with E-state index in [1.54, 1.807) is 68.2 Å². The zero-order chi connectivity index (χ0) is 30.7. The molecule has 2 aromatic carbocycles. The molecule has 0 radical (unpaired) electrons. The Labute approximate surface area is 250 Å². The van der Waals surface area contributed by atoms with Crippen molar-refractivity contribution in [1.82, 2.24) is 20.1 Å². The highest BCUT2D eigenvalue weighted by Crippen LogP contribution is 2.47. The number of halogens is 1. The molecule has 1 N–H and O–H groups in total. The van der Waals surface area contributed by atoms with E-state index in [4.69, 9.17) is 4.74 Å². The highest BCUT2D eigenvalue weighted by molar-refractivity contribution is 6.15. The first kappa shape index (κ1) is 29.4. The number of ether oxygens (including phenoxy) is 1. The predicted octanol–water partition coefficient (Wildman–Crippen LogP) is 6.92. The maximum Gasteiger partial charge on any atom is 0.238 e. The molecule has 5 rings (SSSR count). The lowest BCUT2D eigenvalue weighted by Crippen LogP contribution is -2.35. The minimum Gasteiger partial charge on any atom is -0.457 e. The summed E-state index contributed by atoms with van der Waals surface area (Å²) in [6, 6.07) is 10.6. The van der Waals surface area contributed by atoms with Crippen LogP contribution in [0.5, 0.6) is 5.75 Å². The average molecular weight is 577 g/mol. The van der Waals surface area contributed by atoms with Gasteiger partial charge in [-0.25, -0.2) is 4.39 Å². The standard InChI is InChI=1S/C35H33FN4O3/c1-6-28(39-34(42)35(14-15-35)33(41)12-11-29-22(2)17-27(36)18-23(29)3)9-7-24(4)43-32-13-16-37-31-19-25(8-10-30(31)32)26-20-38-40(5)21-26/h6-13,16-21H,4,14-15H2,1-3,5H3,(H,39,42)/b9-7-,12-11+,28-6+. The van der Waals surface area contributed by atoms with Gasteiger partial charge in [0.05, 0.1) is 11.7 Å². The van der Waals surface area contributed by atoms with Gasteiger partial charge in [-0.1, -0.05) is 24.8 Å². The van der Waals surface area contributed by atoms with E-state index in [9.17, 15) is 14.0 Å². The number of benzene rings is 2. The minimum absolute atomic E-state index is 0.267. The van der Waals surface area contributed by atoms with E-state index >= 15 is 0 Å². The van der Waals surface area contributed by atoms with Crippen molar-refractivity contribution in [2.24, 2.45) is 12.5 Å². The highest BCUT2D eigenvalue weighted by Gasteiger charge is 2.55. The number of fused-ring (bicyclic) bond motifs is 1. The van der Waals surface area contributed by atoms with E-state index in [0.717, 1.165) is 38.7 Å². The van der Waals surface area contributed by atoms with Crippen molar-refractivity contribution in [2.75, 3.05) is 0 Å². The summed E-state index contributed by atoms with van der Waals surface area (Å²) in [5, 5.41) is 7.93. The number of allylic oxidation sites excluding steroid dienone is 4. The summed E-state index contributed by atoms with van der Waals surface area (Å²) in [5.41, 5.74) is 4.42. The van der Waals surface area contributed by atoms with Crippen molar-refractivity contribution >= 4 is 28.7 Å². The van der Waals surface area contributed by atoms with E-state index in [0.29, 0.717) is 30.0 Å². The van der Waals surface area contributed by atoms with Crippen molar-refractivity contribution in [1.29, 1.82) is 0 Å². The van der Waals surface area contributed by atoms with Gasteiger partial charge < -0.3 is 10.1 Å². The number of hydrogen-bond acceptors (Lipinski definition) is 5. The molecule has 0 aliphatic heterocycles. The van der Waals surface area contributed by atoms with Crippen LogP contribution in [0.2, 0.25) is 0 Å². The van der Waals surface area contributed by atoms with Gasteiger partial charge in [0.15, 0.2) is 5.78 Å². The van der Waals surface area contributed by atoms with Crippen LogP contribution in [-0.4, -0.2) is 26.5 Å². The Balaban J connectivity index is 1.23. The molecule has 7 nitrogen and oxygen atoms in total. The third-order valence-corrected chi connectivity index (χ3v) is 7.62. The van der Waals surface area contributed by atoms with Crippen LogP contribution in [0, 0.1) is 25.1 Å². The quantitative estimate of drug-likeness (QED) is 0.0958. The third-order valence-electron chi connectivity index (χ3n) is 7.62. The zero-order valence-electron chi connectivity index (χ0n) is 24.6. The van der Waals surface area contributed by atoms with Crippen molar-refractivity contribution in [2.45, 2.75) is 33.6 Å². The summed E-state index contributed by atoms with van der Waals surface area (Å²) in [6.45, 7) is 9.38. The number of amides is 1. The van der Waals surface area contributed by atoms with Crippen LogP contribution in [0.25, 0.3) is 28.1 Å². The van der Waals surface area contributed by atoms with Gasteiger partial charge in [0.1, 0.15) is 22.7 Å². The molecule has 2 heterocycles. The molecule has 1 aliphatic carbocycles. The Kier molecular flexibility index (Phi) is 8.21. The lowest BCUT2D eigenvalue weighted by Gasteiger charge is -2.14. The van der Waals surface area contributed by atoms with E-state index in [-0.39, 0.29) is 17.5 Å². The third kappa shape index (κ3) is 6.38. The predicted molar refractivity (Wildman–Crippen MR) is 166 cm³/mol. The molecule has 0 bridgehead atoms. The summed E-state index contributed by atoms with van der Waals surface area (Å²) in [5.74, 6) is 0.0214. The summed E-state index contributed by atoms with van der Waals surface area (Å²) in [7, 11) is 1.87. The SMILES string of the molecule is C=C(/C=C\C(=C/C)NC(=O)C1(C(=O)/C=C/c2c(C)cc(F)cc2C)CC1)Oc1ccnc2cc(-c3cnn(C)c3)ccc12. The summed E-state index contributed by atoms with van der Waals surface area (Å²) < 4.78 is 21.4. The van der Waals surface area contributed by atoms with Gasteiger partial charge in [-0.15, -0.1) is 0 Å². The fraction of sp³-hybridized carbons (Fsp3) is 0.200. The van der Waals surface area contributed by atoms with Crippen LogP contribution in [0.15, 0.2) is 97.3 Å². The first-order valence-corrected chi connectivity index (χ1v) is 14.0. The van der Waals surface area contributed by atoms with Gasteiger partial charge in [0.25, 0.3) is 0 Å². The second-order valence-electron chi connectivity index (χ2n) is 10.8. The molecule has 1 aliphatic rings. The van der Waals surface area contributed by atoms with Crippen LogP contribution < -0.4 is 10.1 Å². The maximum atomic E-state index is 13.6. The second kappa shape index (κ2) is 12.0. The minimum atomic E-state index is -1.10. The molecule has 0 spiro atoms. The molecule has 0 atom stereocenters. The Morgan fingerprint density at radius 1 is 1.07 bits per heavy atom. The smallest absolute Gasteiger partial charge is 0.238 e. The molecule has 1 fully saturated rings. The molecule has 8 heteroatoms. The molecule has 2 aromatic heterocycles. The molecule has 43 heavy (non-hydrogen) atoms. The van der Waals surface area contributed by atoms with Crippen molar-refractivity contribution in [3.63, 3.8) is 0 Å². The highest BCUT2D eigenvalue weighted by atomic mass is 19.1. The number of ketones is 1. The Morgan fingerprint density at radius 3 is 2.47 bits per heavy atom. The average Bonchev–Trinajstić information content (AvgIpc) is 3.68. The van der Waals surface area contributed by atoms with Crippen LogP contribution in [0.1, 0.15) is 36.5 Å². The van der Waals surface area contributed by atoms with Gasteiger partial charge in [0, 0.05) is 36.1 Å². The van der Waals surface area contributed by atoms with Crippen LogP contribution in [0.4, 0.5) is 4.39 Å². The summed E-state index contributed by atoms with van der Waals surface area (Å²) in [6.07, 6.45) is 14.6. The van der Waals surface area contributed by atoms with E-state index in [1.807, 2.05) is 31.4 Å². The molecule has 218 valence electrons. The fourth-order valence-electron chi connectivity index (χ4n) is 4.99. The summed E-state index contributed by atoms with van der Waals surface area (Å²) in [4.78, 5) is 30.8. The van der Waals surface area contributed by atoms with Crippen LogP contribution in [0.3, 0.4) is 0 Å². The van der Waals surface area contributed by atoms with Gasteiger partial charge in [0.2, 0.25) is 5.91 Å². The van der Waals surface area contributed by atoms with Gasteiger partial charge in [-0.2, -0.15) is 5.10 Å². The van der Waals surface area contributed by atoms with Crippen molar-refractivity contribution < 1.29 is 18.7 Å². The number of pyridine rings is 1. The number of nitrogens with one attached hydrogen (secondary N) is 1. The summed E-state index contributed by atoms with van der Waals surface area (Å²) >= 11 is 0. The van der Waals surface area contributed by atoms with Gasteiger partial charge in [-0.05, 0) is 104 Å². The molecule has 1 saturated carbocycles. The molecule has 1 amide bonds. The Bertz CT molecular complexity index is 1820. The van der Waals surface area contributed by atoms with Crippen molar-refractivity contribution in [3.8, 4) is 16.9 Å². The van der Waals surface area contributed by atoms with Crippen LogP contribution in [-0.2, 0) is 16.6 Å². The molecule has 4 aromatic rings. The number of hydrogen-bond donors (Lipinski definition) is 1. The molecule has 0 saturated heterocycles.